The number of alkyl carbamates (subject to hydrolysis) is 1. The van der Waals surface area contributed by atoms with Gasteiger partial charge in [0.05, 0.1) is 0 Å². The number of rotatable bonds is 12. The van der Waals surface area contributed by atoms with Crippen molar-refractivity contribution in [2.75, 3.05) is 23.9 Å². The molecule has 0 spiro atoms. The van der Waals surface area contributed by atoms with Gasteiger partial charge >= 0.3 is 6.09 Å². The van der Waals surface area contributed by atoms with E-state index in [1.165, 1.54) is 0 Å². The van der Waals surface area contributed by atoms with E-state index in [1.54, 1.807) is 37.4 Å². The first-order valence-electron chi connectivity index (χ1n) is 14.6. The van der Waals surface area contributed by atoms with E-state index >= 15 is 0 Å². The number of anilines is 1. The molecule has 3 rings (SSSR count). The molecule has 226 valence electrons. The van der Waals surface area contributed by atoms with Crippen LogP contribution in [0.1, 0.15) is 69.7 Å². The molecule has 2 unspecified atom stereocenters. The fourth-order valence-corrected chi connectivity index (χ4v) is 5.31. The summed E-state index contributed by atoms with van der Waals surface area (Å²) in [5.41, 5.74) is 2.69. The SMILES string of the molecule is CCCCN(C(=O)C(CCSC)NC(=O)OC(C)(C)C)C(C(=O)Nc1ccc2ccccc2c1)c1cccc(C)c1C. The number of ether oxygens (including phenoxy) is 1. The Morgan fingerprint density at radius 1 is 0.976 bits per heavy atom. The van der Waals surface area contributed by atoms with E-state index in [2.05, 4.69) is 17.6 Å². The molecule has 0 heterocycles. The molecule has 0 aromatic heterocycles. The Morgan fingerprint density at radius 2 is 1.69 bits per heavy atom. The van der Waals surface area contributed by atoms with Crippen molar-refractivity contribution in [3.63, 3.8) is 0 Å². The van der Waals surface area contributed by atoms with Gasteiger partial charge in [-0.05, 0) is 99.1 Å². The number of carbonyl (C=O) groups excluding carboxylic acids is 3. The molecule has 0 radical (unpaired) electrons. The van der Waals surface area contributed by atoms with Crippen LogP contribution < -0.4 is 10.6 Å². The molecular weight excluding hydrogens is 546 g/mol. The lowest BCUT2D eigenvalue weighted by molar-refractivity contribution is -0.141. The highest BCUT2D eigenvalue weighted by molar-refractivity contribution is 7.98. The summed E-state index contributed by atoms with van der Waals surface area (Å²) in [4.78, 5) is 43.1. The molecule has 7 nitrogen and oxygen atoms in total. The maximum Gasteiger partial charge on any atom is 0.408 e. The van der Waals surface area contributed by atoms with E-state index in [9.17, 15) is 14.4 Å². The van der Waals surface area contributed by atoms with E-state index < -0.39 is 23.8 Å². The van der Waals surface area contributed by atoms with Crippen LogP contribution in [0.15, 0.2) is 60.7 Å². The largest absolute Gasteiger partial charge is 0.444 e. The van der Waals surface area contributed by atoms with Crippen molar-refractivity contribution < 1.29 is 19.1 Å². The summed E-state index contributed by atoms with van der Waals surface area (Å²) in [6.45, 7) is 11.7. The zero-order valence-electron chi connectivity index (χ0n) is 26.0. The number of nitrogens with zero attached hydrogens (tertiary/aromatic N) is 1. The van der Waals surface area contributed by atoms with Crippen LogP contribution in [0.2, 0.25) is 0 Å². The second-order valence-corrected chi connectivity index (χ2v) is 12.6. The summed E-state index contributed by atoms with van der Waals surface area (Å²) in [5, 5.41) is 7.99. The molecule has 2 N–H and O–H groups in total. The predicted molar refractivity (Wildman–Crippen MR) is 174 cm³/mol. The van der Waals surface area contributed by atoms with Crippen LogP contribution in [0.4, 0.5) is 10.5 Å². The van der Waals surface area contributed by atoms with E-state index in [1.807, 2.05) is 80.8 Å². The molecule has 0 fully saturated rings. The number of unbranched alkanes of at least 4 members (excludes halogenated alkanes) is 1. The topological polar surface area (TPSA) is 87.7 Å². The summed E-state index contributed by atoms with van der Waals surface area (Å²) in [5.74, 6) is 0.0536. The van der Waals surface area contributed by atoms with Crippen LogP contribution in [0.3, 0.4) is 0 Å². The molecule has 3 aromatic carbocycles. The van der Waals surface area contributed by atoms with Crippen molar-refractivity contribution in [1.82, 2.24) is 10.2 Å². The Hall–Kier alpha value is -3.52. The van der Waals surface area contributed by atoms with Crippen LogP contribution >= 0.6 is 11.8 Å². The van der Waals surface area contributed by atoms with Gasteiger partial charge in [0.1, 0.15) is 17.7 Å². The highest BCUT2D eigenvalue weighted by Gasteiger charge is 2.36. The number of carbonyl (C=O) groups is 3. The van der Waals surface area contributed by atoms with Gasteiger partial charge in [0.15, 0.2) is 0 Å². The van der Waals surface area contributed by atoms with Crippen LogP contribution in [0.5, 0.6) is 0 Å². The molecule has 3 amide bonds. The monoisotopic (exact) mass is 591 g/mol. The summed E-state index contributed by atoms with van der Waals surface area (Å²) in [6.07, 6.45) is 3.26. The minimum atomic E-state index is -0.896. The van der Waals surface area contributed by atoms with Gasteiger partial charge in [0, 0.05) is 12.2 Å². The molecular formula is C34H45N3O4S. The zero-order valence-corrected chi connectivity index (χ0v) is 26.8. The van der Waals surface area contributed by atoms with Gasteiger partial charge in [-0.25, -0.2) is 4.79 Å². The van der Waals surface area contributed by atoms with Crippen molar-refractivity contribution in [2.45, 2.75) is 78.5 Å². The van der Waals surface area contributed by atoms with Gasteiger partial charge in [-0.3, -0.25) is 9.59 Å². The van der Waals surface area contributed by atoms with Crippen LogP contribution in [-0.2, 0) is 14.3 Å². The van der Waals surface area contributed by atoms with E-state index in [4.69, 9.17) is 4.74 Å². The van der Waals surface area contributed by atoms with Crippen molar-refractivity contribution >= 4 is 46.1 Å². The molecule has 0 aliphatic heterocycles. The van der Waals surface area contributed by atoms with Crippen LogP contribution in [-0.4, -0.2) is 53.0 Å². The number of thioether (sulfide) groups is 1. The molecule has 0 bridgehead atoms. The van der Waals surface area contributed by atoms with Gasteiger partial charge < -0.3 is 20.3 Å². The average molecular weight is 592 g/mol. The first kappa shape index (κ1) is 33.0. The predicted octanol–water partition coefficient (Wildman–Crippen LogP) is 7.41. The lowest BCUT2D eigenvalue weighted by Gasteiger charge is -2.35. The minimum Gasteiger partial charge on any atom is -0.444 e. The third-order valence-electron chi connectivity index (χ3n) is 7.15. The summed E-state index contributed by atoms with van der Waals surface area (Å²) in [7, 11) is 0. The Kier molecular flexibility index (Phi) is 11.9. The lowest BCUT2D eigenvalue weighted by atomic mass is 9.94. The summed E-state index contributed by atoms with van der Waals surface area (Å²) >= 11 is 1.59. The van der Waals surface area contributed by atoms with E-state index in [-0.39, 0.29) is 11.8 Å². The highest BCUT2D eigenvalue weighted by atomic mass is 32.2. The van der Waals surface area contributed by atoms with Crippen molar-refractivity contribution in [3.05, 3.63) is 77.4 Å². The quantitative estimate of drug-likeness (QED) is 0.229. The smallest absolute Gasteiger partial charge is 0.408 e. The van der Waals surface area contributed by atoms with E-state index in [0.717, 1.165) is 33.9 Å². The Bertz CT molecular complexity index is 1380. The molecule has 2 atom stereocenters. The molecule has 8 heteroatoms. The fourth-order valence-electron chi connectivity index (χ4n) is 4.84. The lowest BCUT2D eigenvalue weighted by Crippen LogP contribution is -2.53. The summed E-state index contributed by atoms with van der Waals surface area (Å²) in [6, 6.07) is 17.9. The van der Waals surface area contributed by atoms with Gasteiger partial charge in [-0.15, -0.1) is 0 Å². The zero-order chi connectivity index (χ0) is 30.9. The number of amides is 3. The number of fused-ring (bicyclic) bond motifs is 1. The second-order valence-electron chi connectivity index (χ2n) is 11.6. The fraction of sp³-hybridized carbons (Fsp3) is 0.441. The maximum absolute atomic E-state index is 14.4. The Balaban J connectivity index is 2.05. The van der Waals surface area contributed by atoms with Crippen LogP contribution in [0, 0.1) is 13.8 Å². The van der Waals surface area contributed by atoms with Crippen molar-refractivity contribution in [3.8, 4) is 0 Å². The molecule has 3 aromatic rings. The molecule has 0 aliphatic carbocycles. The van der Waals surface area contributed by atoms with Gasteiger partial charge in [-0.2, -0.15) is 11.8 Å². The van der Waals surface area contributed by atoms with Gasteiger partial charge in [-0.1, -0.05) is 61.9 Å². The minimum absolute atomic E-state index is 0.302. The normalized spacial score (nSPS) is 12.8. The van der Waals surface area contributed by atoms with Crippen molar-refractivity contribution in [1.29, 1.82) is 0 Å². The van der Waals surface area contributed by atoms with Gasteiger partial charge in [0.25, 0.3) is 5.91 Å². The van der Waals surface area contributed by atoms with E-state index in [0.29, 0.717) is 30.8 Å². The molecule has 42 heavy (non-hydrogen) atoms. The second kappa shape index (κ2) is 15.1. The first-order chi connectivity index (χ1) is 19.9. The van der Waals surface area contributed by atoms with Gasteiger partial charge in [0.2, 0.25) is 5.91 Å². The molecule has 0 saturated heterocycles. The third kappa shape index (κ3) is 8.99. The number of aryl methyl sites for hydroxylation is 1. The number of hydrogen-bond acceptors (Lipinski definition) is 5. The standard InChI is InChI=1S/C34H45N3O4S/c1-8-9-20-37(32(39)29(19-21-42-7)36-33(40)41-34(4,5)6)30(28-16-12-13-23(2)24(28)3)31(38)35-27-18-17-25-14-10-11-15-26(25)22-27/h10-18,22,29-30H,8-9,19-21H2,1-7H3,(H,35,38)(H,36,40). The molecule has 0 aliphatic rings. The van der Waals surface area contributed by atoms with Crippen molar-refractivity contribution in [2.24, 2.45) is 0 Å². The number of nitrogens with one attached hydrogen (secondary N) is 2. The average Bonchev–Trinajstić information content (AvgIpc) is 2.93. The Morgan fingerprint density at radius 3 is 2.36 bits per heavy atom. The third-order valence-corrected chi connectivity index (χ3v) is 7.80. The summed E-state index contributed by atoms with van der Waals surface area (Å²) < 4.78 is 5.49. The Labute approximate surface area is 254 Å². The number of benzene rings is 3. The maximum atomic E-state index is 14.4. The molecule has 0 saturated carbocycles. The number of hydrogen-bond donors (Lipinski definition) is 2. The van der Waals surface area contributed by atoms with Crippen LogP contribution in [0.25, 0.3) is 10.8 Å². The highest BCUT2D eigenvalue weighted by Crippen LogP contribution is 2.30. The first-order valence-corrected chi connectivity index (χ1v) is 16.0.